The van der Waals surface area contributed by atoms with E-state index in [1.165, 1.54) is 0 Å². The Hall–Kier alpha value is -2.21. The van der Waals surface area contributed by atoms with Crippen molar-refractivity contribution < 1.29 is 14.3 Å². The molecule has 0 spiro atoms. The van der Waals surface area contributed by atoms with Crippen molar-refractivity contribution in [3.8, 4) is 11.5 Å². The number of hydrogen-bond donors (Lipinski definition) is 0. The number of carbonyl (C=O) groups is 1. The van der Waals surface area contributed by atoms with Gasteiger partial charge >= 0.3 is 0 Å². The molecule has 0 aliphatic carbocycles. The van der Waals surface area contributed by atoms with E-state index in [-0.39, 0.29) is 11.3 Å². The molecule has 6 heteroatoms. The fourth-order valence-corrected chi connectivity index (χ4v) is 3.79. The SMILES string of the molecule is COc1ccc(CN2C(=O)CSC2c2ccncc2)cc1OC. The molecule has 1 aliphatic heterocycles. The number of ether oxygens (including phenoxy) is 2. The molecule has 1 saturated heterocycles. The molecule has 1 amide bonds. The van der Waals surface area contributed by atoms with Crippen LogP contribution in [0.3, 0.4) is 0 Å². The van der Waals surface area contributed by atoms with E-state index in [2.05, 4.69) is 4.98 Å². The van der Waals surface area contributed by atoms with Crippen molar-refractivity contribution in [1.82, 2.24) is 9.88 Å². The summed E-state index contributed by atoms with van der Waals surface area (Å²) in [5.41, 5.74) is 2.11. The molecule has 1 fully saturated rings. The molecule has 1 aliphatic rings. The molecule has 120 valence electrons. The van der Waals surface area contributed by atoms with Crippen molar-refractivity contribution in [2.45, 2.75) is 11.9 Å². The van der Waals surface area contributed by atoms with Gasteiger partial charge in [0, 0.05) is 18.9 Å². The summed E-state index contributed by atoms with van der Waals surface area (Å²) in [4.78, 5) is 18.2. The molecule has 0 N–H and O–H groups in total. The third-order valence-electron chi connectivity index (χ3n) is 3.76. The zero-order chi connectivity index (χ0) is 16.2. The monoisotopic (exact) mass is 330 g/mol. The standard InChI is InChI=1S/C17H18N2O3S/c1-21-14-4-3-12(9-15(14)22-2)10-19-16(20)11-23-17(19)13-5-7-18-8-6-13/h3-9,17H,10-11H2,1-2H3. The highest BCUT2D eigenvalue weighted by molar-refractivity contribution is 8.00. The van der Waals surface area contributed by atoms with E-state index >= 15 is 0 Å². The Bertz CT molecular complexity index is 693. The van der Waals surface area contributed by atoms with Gasteiger partial charge in [-0.25, -0.2) is 0 Å². The van der Waals surface area contributed by atoms with Crippen molar-refractivity contribution in [1.29, 1.82) is 0 Å². The first-order chi connectivity index (χ1) is 11.2. The van der Waals surface area contributed by atoms with Crippen LogP contribution >= 0.6 is 11.8 Å². The van der Waals surface area contributed by atoms with Gasteiger partial charge < -0.3 is 14.4 Å². The van der Waals surface area contributed by atoms with Crippen molar-refractivity contribution in [3.05, 3.63) is 53.9 Å². The smallest absolute Gasteiger partial charge is 0.234 e. The third-order valence-corrected chi connectivity index (χ3v) is 5.02. The number of thioether (sulfide) groups is 1. The molecule has 1 aromatic heterocycles. The van der Waals surface area contributed by atoms with Gasteiger partial charge in [0.25, 0.3) is 0 Å². The number of rotatable bonds is 5. The molecule has 5 nitrogen and oxygen atoms in total. The van der Waals surface area contributed by atoms with Gasteiger partial charge in [-0.2, -0.15) is 0 Å². The van der Waals surface area contributed by atoms with Crippen molar-refractivity contribution in [2.24, 2.45) is 0 Å². The van der Waals surface area contributed by atoms with Crippen molar-refractivity contribution in [2.75, 3.05) is 20.0 Å². The number of hydrogen-bond acceptors (Lipinski definition) is 5. The maximum absolute atomic E-state index is 12.3. The summed E-state index contributed by atoms with van der Waals surface area (Å²) >= 11 is 1.64. The van der Waals surface area contributed by atoms with Crippen LogP contribution in [0.5, 0.6) is 11.5 Å². The number of carbonyl (C=O) groups excluding carboxylic acids is 1. The summed E-state index contributed by atoms with van der Waals surface area (Å²) in [6.07, 6.45) is 3.51. The summed E-state index contributed by atoms with van der Waals surface area (Å²) in [7, 11) is 3.22. The molecule has 23 heavy (non-hydrogen) atoms. The number of methoxy groups -OCH3 is 2. The Labute approximate surface area is 139 Å². The second-order valence-electron chi connectivity index (χ2n) is 5.15. The van der Waals surface area contributed by atoms with Crippen LogP contribution in [0, 0.1) is 0 Å². The molecule has 0 saturated carbocycles. The normalized spacial score (nSPS) is 17.4. The van der Waals surface area contributed by atoms with E-state index in [0.29, 0.717) is 23.8 Å². The Morgan fingerprint density at radius 1 is 1.17 bits per heavy atom. The molecule has 1 unspecified atom stereocenters. The fourth-order valence-electron chi connectivity index (χ4n) is 2.60. The molecule has 1 atom stereocenters. The first kappa shape index (κ1) is 15.7. The van der Waals surface area contributed by atoms with E-state index in [4.69, 9.17) is 9.47 Å². The zero-order valence-electron chi connectivity index (χ0n) is 13.1. The Balaban J connectivity index is 1.84. The summed E-state index contributed by atoms with van der Waals surface area (Å²) < 4.78 is 10.6. The van der Waals surface area contributed by atoms with Gasteiger partial charge in [-0.3, -0.25) is 9.78 Å². The minimum Gasteiger partial charge on any atom is -0.493 e. The summed E-state index contributed by atoms with van der Waals surface area (Å²) in [5, 5.41) is 0.0265. The highest BCUT2D eigenvalue weighted by atomic mass is 32.2. The molecule has 2 heterocycles. The van der Waals surface area contributed by atoms with Crippen LogP contribution in [-0.2, 0) is 11.3 Å². The predicted octanol–water partition coefficient (Wildman–Crippen LogP) is 2.87. The van der Waals surface area contributed by atoms with E-state index in [1.807, 2.05) is 35.2 Å². The maximum Gasteiger partial charge on any atom is 0.234 e. The van der Waals surface area contributed by atoms with E-state index in [1.54, 1.807) is 38.4 Å². The molecule has 0 radical (unpaired) electrons. The van der Waals surface area contributed by atoms with Crippen LogP contribution in [0.1, 0.15) is 16.5 Å². The minimum atomic E-state index is 0.0265. The second-order valence-corrected chi connectivity index (χ2v) is 6.22. The third kappa shape index (κ3) is 3.27. The zero-order valence-corrected chi connectivity index (χ0v) is 13.9. The molecule has 3 rings (SSSR count). The van der Waals surface area contributed by atoms with Gasteiger partial charge in [-0.1, -0.05) is 6.07 Å². The van der Waals surface area contributed by atoms with Gasteiger partial charge in [0.2, 0.25) is 5.91 Å². The summed E-state index contributed by atoms with van der Waals surface area (Å²) in [5.74, 6) is 2.00. The molecule has 0 bridgehead atoms. The molecule has 1 aromatic carbocycles. The Morgan fingerprint density at radius 2 is 1.91 bits per heavy atom. The first-order valence-electron chi connectivity index (χ1n) is 7.25. The quantitative estimate of drug-likeness (QED) is 0.844. The average Bonchev–Trinajstić information content (AvgIpc) is 2.96. The second kappa shape index (κ2) is 6.91. The van der Waals surface area contributed by atoms with Crippen LogP contribution < -0.4 is 9.47 Å². The van der Waals surface area contributed by atoms with Crippen LogP contribution in [0.4, 0.5) is 0 Å². The van der Waals surface area contributed by atoms with Crippen LogP contribution in [0.25, 0.3) is 0 Å². The molecule has 2 aromatic rings. The lowest BCUT2D eigenvalue weighted by atomic mass is 10.1. The molecular formula is C17H18N2O3S. The number of benzene rings is 1. The van der Waals surface area contributed by atoms with Gasteiger partial charge in [-0.15, -0.1) is 11.8 Å². The summed E-state index contributed by atoms with van der Waals surface area (Å²) in [6.45, 7) is 0.541. The van der Waals surface area contributed by atoms with Gasteiger partial charge in [0.05, 0.1) is 20.0 Å². The fraction of sp³-hybridized carbons (Fsp3) is 0.294. The average molecular weight is 330 g/mol. The van der Waals surface area contributed by atoms with Crippen LogP contribution in [0.2, 0.25) is 0 Å². The lowest BCUT2D eigenvalue weighted by Crippen LogP contribution is -2.27. The topological polar surface area (TPSA) is 51.7 Å². The molecular weight excluding hydrogens is 312 g/mol. The number of amides is 1. The van der Waals surface area contributed by atoms with Crippen molar-refractivity contribution >= 4 is 17.7 Å². The minimum absolute atomic E-state index is 0.0265. The maximum atomic E-state index is 12.3. The number of pyridine rings is 1. The van der Waals surface area contributed by atoms with E-state index in [9.17, 15) is 4.79 Å². The van der Waals surface area contributed by atoms with Crippen LogP contribution in [0.15, 0.2) is 42.7 Å². The summed E-state index contributed by atoms with van der Waals surface area (Å²) in [6, 6.07) is 9.65. The van der Waals surface area contributed by atoms with E-state index < -0.39 is 0 Å². The Kier molecular flexibility index (Phi) is 4.71. The lowest BCUT2D eigenvalue weighted by molar-refractivity contribution is -0.128. The highest BCUT2D eigenvalue weighted by Gasteiger charge is 2.32. The van der Waals surface area contributed by atoms with Crippen LogP contribution in [-0.4, -0.2) is 35.8 Å². The van der Waals surface area contributed by atoms with Gasteiger partial charge in [0.15, 0.2) is 11.5 Å². The highest BCUT2D eigenvalue weighted by Crippen LogP contribution is 2.39. The van der Waals surface area contributed by atoms with Crippen molar-refractivity contribution in [3.63, 3.8) is 0 Å². The largest absolute Gasteiger partial charge is 0.493 e. The predicted molar refractivity (Wildman–Crippen MR) is 89.5 cm³/mol. The van der Waals surface area contributed by atoms with E-state index in [0.717, 1.165) is 11.1 Å². The van der Waals surface area contributed by atoms with Gasteiger partial charge in [0.1, 0.15) is 5.37 Å². The first-order valence-corrected chi connectivity index (χ1v) is 8.29. The number of nitrogens with zero attached hydrogens (tertiary/aromatic N) is 2. The van der Waals surface area contributed by atoms with Gasteiger partial charge in [-0.05, 0) is 35.4 Å². The lowest BCUT2D eigenvalue weighted by Gasteiger charge is -2.24. The Morgan fingerprint density at radius 3 is 2.61 bits per heavy atom. The number of aromatic nitrogens is 1.